The Balaban J connectivity index is 1.68. The van der Waals surface area contributed by atoms with Crippen molar-refractivity contribution >= 4 is 23.2 Å². The lowest BCUT2D eigenvalue weighted by atomic mass is 9.93. The Kier molecular flexibility index (Phi) is 59.2. The van der Waals surface area contributed by atoms with E-state index in [0.29, 0.717) is 86.3 Å². The number of ether oxygens (including phenoxy) is 6. The fraction of sp³-hybridized carbons (Fsp3) is 0.740. The van der Waals surface area contributed by atoms with Gasteiger partial charge in [-0.25, -0.2) is 0 Å². The van der Waals surface area contributed by atoms with Crippen molar-refractivity contribution in [1.29, 1.82) is 0 Å². The minimum atomic E-state index is -5.19. The highest BCUT2D eigenvalue weighted by Gasteiger charge is 2.39. The van der Waals surface area contributed by atoms with Crippen molar-refractivity contribution in [2.45, 2.75) is 439 Å². The van der Waals surface area contributed by atoms with Crippen molar-refractivity contribution in [2.75, 3.05) is 50.3 Å². The van der Waals surface area contributed by atoms with Crippen molar-refractivity contribution in [3.8, 4) is 45.6 Å². The number of halogens is 6. The van der Waals surface area contributed by atoms with Crippen LogP contribution < -0.4 is 39.1 Å². The number of hydrogen-bond donors (Lipinski definition) is 2. The Labute approximate surface area is 701 Å². The molecule has 0 aromatic heterocycles. The molecule has 4 rings (SSSR count). The molecule has 0 bridgehead atoms. The standard InChI is InChI=1S/C100H162F6N2O8/c1-7-13-19-25-31-37-43-49-55-61-71-111-91-77-83(78-92(112-72-62-56-50-44-38-32-26-20-14-8-2)95(91)115-75-65-59-53-47-41-35-29-23-17-11-5)97(109)107-85-67-69-87(89(81-85)99(101,102)103)88-70-68-86(82-90(88)100(104,105)106)108-98(110)84-79-93(113-73-63-57-51-45-39-33-27-21-15-9-3)96(116-76-66-60-54-48-42-36-30-24-18-12-6)94(80-84)114-74-64-58-52-46-40-34-28-22-16-10-4/h67-70,77-82H,7-66,71-76H2,1-6H3,(H,107,109)(H,108,110). The first-order chi connectivity index (χ1) is 56.6. The van der Waals surface area contributed by atoms with E-state index < -0.39 is 46.4 Å². The van der Waals surface area contributed by atoms with E-state index >= 15 is 26.3 Å². The summed E-state index contributed by atoms with van der Waals surface area (Å²) in [6, 6.07) is 11.7. The fourth-order valence-electron chi connectivity index (χ4n) is 15.3. The lowest BCUT2D eigenvalue weighted by Crippen LogP contribution is -2.16. The number of anilines is 2. The molecule has 0 aliphatic heterocycles. The van der Waals surface area contributed by atoms with Crippen LogP contribution in [0.25, 0.3) is 11.1 Å². The zero-order valence-corrected chi connectivity index (χ0v) is 74.0. The van der Waals surface area contributed by atoms with Gasteiger partial charge in [0.1, 0.15) is 0 Å². The first-order valence-electron chi connectivity index (χ1n) is 47.8. The highest BCUT2D eigenvalue weighted by molar-refractivity contribution is 6.06. The molecule has 4 aromatic rings. The maximum Gasteiger partial charge on any atom is 0.417 e. The van der Waals surface area contributed by atoms with Crippen molar-refractivity contribution in [1.82, 2.24) is 0 Å². The van der Waals surface area contributed by atoms with Gasteiger partial charge in [-0.15, -0.1) is 0 Å². The summed E-state index contributed by atoms with van der Waals surface area (Å²) in [7, 11) is 0. The molecule has 116 heavy (non-hydrogen) atoms. The van der Waals surface area contributed by atoms with Gasteiger partial charge in [-0.2, -0.15) is 26.3 Å². The maximum absolute atomic E-state index is 15.6. The number of benzene rings is 4. The molecule has 0 unspecified atom stereocenters. The Bertz CT molecular complexity index is 2800. The Morgan fingerprint density at radius 3 is 0.595 bits per heavy atom. The molecular formula is C100H162F6N2O8. The van der Waals surface area contributed by atoms with Crippen LogP contribution in [0.4, 0.5) is 37.7 Å². The minimum Gasteiger partial charge on any atom is -0.490 e. The van der Waals surface area contributed by atoms with Crippen molar-refractivity contribution in [2.24, 2.45) is 0 Å². The normalized spacial score (nSPS) is 11.7. The number of carbonyl (C=O) groups is 2. The smallest absolute Gasteiger partial charge is 0.417 e. The molecule has 10 nitrogen and oxygen atoms in total. The number of unbranched alkanes of at least 4 members (excludes halogenated alkanes) is 54. The van der Waals surface area contributed by atoms with Gasteiger partial charge in [0, 0.05) is 22.5 Å². The van der Waals surface area contributed by atoms with Gasteiger partial charge in [-0.3, -0.25) is 9.59 Å². The van der Waals surface area contributed by atoms with Gasteiger partial charge in [0.15, 0.2) is 23.0 Å². The molecule has 0 aliphatic rings. The zero-order chi connectivity index (χ0) is 83.6. The molecule has 16 heteroatoms. The second-order valence-electron chi connectivity index (χ2n) is 33.2. The number of nitrogens with one attached hydrogen (secondary N) is 2. The predicted octanol–water partition coefficient (Wildman–Crippen LogP) is 33.7. The monoisotopic (exact) mass is 1630 g/mol. The summed E-state index contributed by atoms with van der Waals surface area (Å²) in [4.78, 5) is 29.2. The van der Waals surface area contributed by atoms with Crippen LogP contribution in [0.3, 0.4) is 0 Å². The molecule has 0 saturated heterocycles. The second kappa shape index (κ2) is 66.9. The molecule has 0 atom stereocenters. The van der Waals surface area contributed by atoms with Gasteiger partial charge >= 0.3 is 12.4 Å². The number of rotatable bonds is 77. The van der Waals surface area contributed by atoms with E-state index in [1.807, 2.05) is 0 Å². The summed E-state index contributed by atoms with van der Waals surface area (Å²) in [6.45, 7) is 15.5. The molecule has 0 saturated carbocycles. The minimum absolute atomic E-state index is 0.0483. The van der Waals surface area contributed by atoms with Crippen LogP contribution in [0.1, 0.15) is 459 Å². The molecule has 4 aromatic carbocycles. The number of hydrogen-bond acceptors (Lipinski definition) is 8. The largest absolute Gasteiger partial charge is 0.490 e. The lowest BCUT2D eigenvalue weighted by molar-refractivity contribution is -0.139. The molecule has 0 heterocycles. The predicted molar refractivity (Wildman–Crippen MR) is 475 cm³/mol. The van der Waals surface area contributed by atoms with E-state index in [4.69, 9.17) is 28.4 Å². The quantitative estimate of drug-likeness (QED) is 0.0332. The average molecular weight is 1630 g/mol. The van der Waals surface area contributed by atoms with E-state index in [1.54, 1.807) is 24.3 Å². The van der Waals surface area contributed by atoms with E-state index in [0.717, 1.165) is 166 Å². The van der Waals surface area contributed by atoms with Crippen LogP contribution >= 0.6 is 0 Å². The lowest BCUT2D eigenvalue weighted by Gasteiger charge is -2.21. The third kappa shape index (κ3) is 47.3. The maximum atomic E-state index is 15.6. The molecule has 2 N–H and O–H groups in total. The van der Waals surface area contributed by atoms with Gasteiger partial charge in [0.05, 0.1) is 50.8 Å². The van der Waals surface area contributed by atoms with Crippen LogP contribution in [-0.4, -0.2) is 51.5 Å². The highest BCUT2D eigenvalue weighted by atomic mass is 19.4. The van der Waals surface area contributed by atoms with Crippen LogP contribution in [0.15, 0.2) is 60.7 Å². The summed E-state index contributed by atoms with van der Waals surface area (Å²) >= 11 is 0. The summed E-state index contributed by atoms with van der Waals surface area (Å²) in [5, 5.41) is 5.28. The molecule has 2 amide bonds. The van der Waals surface area contributed by atoms with Crippen molar-refractivity contribution in [3.63, 3.8) is 0 Å². The first kappa shape index (κ1) is 103. The topological polar surface area (TPSA) is 114 Å². The number of alkyl halides is 6. The van der Waals surface area contributed by atoms with E-state index in [2.05, 4.69) is 52.2 Å². The number of carbonyl (C=O) groups excluding carboxylic acids is 2. The average Bonchev–Trinajstić information content (AvgIpc) is 0.766. The SMILES string of the molecule is CCCCCCCCCCCCOc1cc(C(=O)Nc2ccc(-c3ccc(NC(=O)c4cc(OCCCCCCCCCCCC)c(OCCCCCCCCCCCC)c(OCCCCCCCCCCCC)c4)cc3C(F)(F)F)c(C(F)(F)F)c2)cc(OCCCCCCCCCCCC)c1OCCCCCCCCCCCC. The van der Waals surface area contributed by atoms with Crippen LogP contribution in [0.2, 0.25) is 0 Å². The van der Waals surface area contributed by atoms with E-state index in [-0.39, 0.29) is 22.5 Å². The van der Waals surface area contributed by atoms with Crippen molar-refractivity contribution < 1.29 is 64.4 Å². The molecular weight excluding hydrogens is 1470 g/mol. The Hall–Kier alpha value is -5.80. The van der Waals surface area contributed by atoms with Crippen LogP contribution in [-0.2, 0) is 12.4 Å². The summed E-state index contributed by atoms with van der Waals surface area (Å²) in [5.74, 6) is 0.387. The third-order valence-corrected chi connectivity index (χ3v) is 22.5. The second-order valence-corrected chi connectivity index (χ2v) is 33.2. The molecule has 0 radical (unpaired) electrons. The molecule has 662 valence electrons. The Morgan fingerprint density at radius 2 is 0.414 bits per heavy atom. The van der Waals surface area contributed by atoms with E-state index in [1.165, 1.54) is 243 Å². The van der Waals surface area contributed by atoms with Gasteiger partial charge < -0.3 is 39.1 Å². The first-order valence-corrected chi connectivity index (χ1v) is 47.8. The molecule has 0 spiro atoms. The highest BCUT2D eigenvalue weighted by Crippen LogP contribution is 2.46. The van der Waals surface area contributed by atoms with Crippen LogP contribution in [0.5, 0.6) is 34.5 Å². The molecule has 0 aliphatic carbocycles. The van der Waals surface area contributed by atoms with Gasteiger partial charge in [0.25, 0.3) is 11.8 Å². The van der Waals surface area contributed by atoms with Gasteiger partial charge in [-0.1, -0.05) is 400 Å². The molecule has 0 fully saturated rings. The summed E-state index contributed by atoms with van der Waals surface area (Å²) in [6.07, 6.45) is 58.0. The van der Waals surface area contributed by atoms with Gasteiger partial charge in [0.2, 0.25) is 11.5 Å². The summed E-state index contributed by atoms with van der Waals surface area (Å²) < 4.78 is 133. The summed E-state index contributed by atoms with van der Waals surface area (Å²) in [5.41, 5.74) is -4.83. The number of amides is 2. The van der Waals surface area contributed by atoms with E-state index in [9.17, 15) is 9.59 Å². The van der Waals surface area contributed by atoms with Crippen LogP contribution in [0, 0.1) is 0 Å². The fourth-order valence-corrected chi connectivity index (χ4v) is 15.3. The third-order valence-electron chi connectivity index (χ3n) is 22.5. The Morgan fingerprint density at radius 1 is 0.241 bits per heavy atom. The zero-order valence-electron chi connectivity index (χ0n) is 74.0. The van der Waals surface area contributed by atoms with Gasteiger partial charge in [-0.05, 0) is 98.2 Å². The van der Waals surface area contributed by atoms with Crippen molar-refractivity contribution in [3.05, 3.63) is 82.9 Å².